The van der Waals surface area contributed by atoms with Crippen molar-refractivity contribution in [3.8, 4) is 22.3 Å². The summed E-state index contributed by atoms with van der Waals surface area (Å²) in [6.45, 7) is 13.9. The highest BCUT2D eigenvalue weighted by molar-refractivity contribution is 5.87. The molecule has 64 heavy (non-hydrogen) atoms. The highest BCUT2D eigenvalue weighted by Crippen LogP contribution is 2.53. The van der Waals surface area contributed by atoms with Crippen LogP contribution in [0, 0.1) is 13.8 Å². The zero-order valence-electron chi connectivity index (χ0n) is 38.3. The van der Waals surface area contributed by atoms with Gasteiger partial charge in [0.2, 0.25) is 0 Å². The van der Waals surface area contributed by atoms with Crippen molar-refractivity contribution < 1.29 is 0 Å². The Kier molecular flexibility index (Phi) is 9.58. The Labute approximate surface area is 380 Å². The molecule has 0 spiro atoms. The number of hydrogen-bond acceptors (Lipinski definition) is 2. The zero-order chi connectivity index (χ0) is 43.8. The molecule has 0 radical (unpaired) electrons. The Hall–Kier alpha value is -6.64. The third kappa shape index (κ3) is 6.44. The van der Waals surface area contributed by atoms with Crippen LogP contribution in [0.15, 0.2) is 182 Å². The first-order valence-corrected chi connectivity index (χ1v) is 23.5. The molecule has 0 aromatic heterocycles. The topological polar surface area (TPSA) is 6.48 Å². The van der Waals surface area contributed by atoms with E-state index in [1.165, 1.54) is 120 Å². The minimum absolute atomic E-state index is 0.0512. The molecule has 11 rings (SSSR count). The number of fused-ring (bicyclic) bond motifs is 6. The maximum atomic E-state index is 2.46. The molecule has 2 nitrogen and oxygen atoms in total. The predicted molar refractivity (Wildman–Crippen MR) is 271 cm³/mol. The Balaban J connectivity index is 0.965. The van der Waals surface area contributed by atoms with Crippen LogP contribution in [-0.2, 0) is 16.2 Å². The maximum absolute atomic E-state index is 2.46. The monoisotopic (exact) mass is 830 g/mol. The van der Waals surface area contributed by atoms with Crippen molar-refractivity contribution in [1.29, 1.82) is 0 Å². The lowest BCUT2D eigenvalue weighted by Gasteiger charge is -2.39. The van der Waals surface area contributed by atoms with Gasteiger partial charge in [-0.05, 0) is 166 Å². The Bertz CT molecular complexity index is 2850. The summed E-state index contributed by atoms with van der Waals surface area (Å²) in [7, 11) is 0. The number of aryl methyl sites for hydroxylation is 2. The molecule has 8 aromatic carbocycles. The van der Waals surface area contributed by atoms with Crippen molar-refractivity contribution >= 4 is 34.1 Å². The van der Waals surface area contributed by atoms with Gasteiger partial charge in [0.15, 0.2) is 0 Å². The van der Waals surface area contributed by atoms with Crippen LogP contribution in [0.2, 0.25) is 0 Å². The van der Waals surface area contributed by atoms with Gasteiger partial charge in [0.1, 0.15) is 0 Å². The molecule has 0 unspecified atom stereocenters. The Morgan fingerprint density at radius 2 is 0.703 bits per heavy atom. The van der Waals surface area contributed by atoms with E-state index in [9.17, 15) is 0 Å². The highest BCUT2D eigenvalue weighted by atomic mass is 15.1. The second kappa shape index (κ2) is 15.3. The Morgan fingerprint density at radius 3 is 1.12 bits per heavy atom. The SMILES string of the molecule is Cc1cccc(N(c2ccc(C3(c4ccc(N(c5cccc(C)c5)c5ccc6c(c5)C(C)(C)c5ccccc5-6)cc4)CCCCC3)cc2)c2ccc3c(c2)C(C)(C)c2ccccc2-3)c1. The third-order valence-electron chi connectivity index (χ3n) is 15.2. The van der Waals surface area contributed by atoms with Crippen molar-refractivity contribution in [3.05, 3.63) is 226 Å². The van der Waals surface area contributed by atoms with Gasteiger partial charge in [0.25, 0.3) is 0 Å². The smallest absolute Gasteiger partial charge is 0.0465 e. The molecule has 0 N–H and O–H groups in total. The van der Waals surface area contributed by atoms with Crippen molar-refractivity contribution in [2.75, 3.05) is 9.80 Å². The van der Waals surface area contributed by atoms with Crippen LogP contribution in [0.4, 0.5) is 34.1 Å². The van der Waals surface area contributed by atoms with Gasteiger partial charge >= 0.3 is 0 Å². The van der Waals surface area contributed by atoms with Crippen molar-refractivity contribution in [1.82, 2.24) is 0 Å². The fraction of sp³-hybridized carbons (Fsp3) is 0.226. The minimum Gasteiger partial charge on any atom is -0.310 e. The second-order valence-electron chi connectivity index (χ2n) is 19.9. The van der Waals surface area contributed by atoms with Crippen LogP contribution >= 0.6 is 0 Å². The first-order chi connectivity index (χ1) is 31.0. The van der Waals surface area contributed by atoms with Crippen LogP contribution in [0.25, 0.3) is 22.3 Å². The average Bonchev–Trinajstić information content (AvgIpc) is 3.69. The lowest BCUT2D eigenvalue weighted by atomic mass is 9.65. The number of rotatable bonds is 8. The molecule has 1 saturated carbocycles. The van der Waals surface area contributed by atoms with Gasteiger partial charge in [-0.15, -0.1) is 0 Å². The van der Waals surface area contributed by atoms with E-state index in [1.807, 2.05) is 0 Å². The molecule has 0 aliphatic heterocycles. The molecule has 2 heteroatoms. The largest absolute Gasteiger partial charge is 0.310 e. The lowest BCUT2D eigenvalue weighted by molar-refractivity contribution is 0.346. The second-order valence-corrected chi connectivity index (χ2v) is 19.9. The standard InChI is InChI=1S/C62H58N2/c1-42-16-14-18-48(38-42)63(50-32-34-54-52-20-8-10-22-56(52)60(3,4)58(54)40-50)46-28-24-44(25-29-46)62(36-12-7-13-37-62)45-26-30-47(31-27-45)64(49-19-15-17-43(2)39-49)51-33-35-55-53-21-9-11-23-57(53)61(5,6)59(55)41-51/h8-11,14-35,38-41H,7,12-13,36-37H2,1-6H3. The molecular weight excluding hydrogens is 773 g/mol. The number of anilines is 6. The predicted octanol–water partition coefficient (Wildman–Crippen LogP) is 17.1. The first kappa shape index (κ1) is 40.2. The summed E-state index contributed by atoms with van der Waals surface area (Å²) in [6.07, 6.45) is 6.05. The van der Waals surface area contributed by atoms with E-state index in [2.05, 4.69) is 233 Å². The molecule has 0 saturated heterocycles. The van der Waals surface area contributed by atoms with E-state index >= 15 is 0 Å². The van der Waals surface area contributed by atoms with Crippen LogP contribution in [0.5, 0.6) is 0 Å². The summed E-state index contributed by atoms with van der Waals surface area (Å²) in [5, 5.41) is 0. The summed E-state index contributed by atoms with van der Waals surface area (Å²) in [5.41, 5.74) is 23.2. The molecule has 1 fully saturated rings. The maximum Gasteiger partial charge on any atom is 0.0465 e. The summed E-state index contributed by atoms with van der Waals surface area (Å²) >= 11 is 0. The van der Waals surface area contributed by atoms with Crippen LogP contribution in [-0.4, -0.2) is 0 Å². The van der Waals surface area contributed by atoms with Gasteiger partial charge in [-0.1, -0.05) is 156 Å². The summed E-state index contributed by atoms with van der Waals surface area (Å²) in [6, 6.07) is 69.2. The minimum atomic E-state index is -0.0747. The van der Waals surface area contributed by atoms with Gasteiger partial charge in [-0.2, -0.15) is 0 Å². The summed E-state index contributed by atoms with van der Waals surface area (Å²) in [5.74, 6) is 0. The lowest BCUT2D eigenvalue weighted by Crippen LogP contribution is -2.30. The third-order valence-corrected chi connectivity index (χ3v) is 15.2. The van der Waals surface area contributed by atoms with Crippen molar-refractivity contribution in [2.45, 2.75) is 89.9 Å². The molecule has 3 aliphatic rings. The quantitative estimate of drug-likeness (QED) is 0.151. The van der Waals surface area contributed by atoms with Gasteiger partial charge < -0.3 is 9.80 Å². The molecule has 3 aliphatic carbocycles. The van der Waals surface area contributed by atoms with Crippen LogP contribution in [0.3, 0.4) is 0 Å². The van der Waals surface area contributed by atoms with E-state index in [4.69, 9.17) is 0 Å². The first-order valence-electron chi connectivity index (χ1n) is 23.5. The fourth-order valence-corrected chi connectivity index (χ4v) is 11.8. The zero-order valence-corrected chi connectivity index (χ0v) is 38.3. The number of benzene rings is 8. The molecule has 0 bridgehead atoms. The number of hydrogen-bond donors (Lipinski definition) is 0. The molecule has 0 heterocycles. The van der Waals surface area contributed by atoms with Crippen molar-refractivity contribution in [3.63, 3.8) is 0 Å². The summed E-state index contributed by atoms with van der Waals surface area (Å²) in [4.78, 5) is 4.91. The van der Waals surface area contributed by atoms with Crippen molar-refractivity contribution in [2.24, 2.45) is 0 Å². The van der Waals surface area contributed by atoms with E-state index < -0.39 is 0 Å². The molecule has 8 aromatic rings. The average molecular weight is 831 g/mol. The van der Waals surface area contributed by atoms with Crippen LogP contribution in [0.1, 0.15) is 104 Å². The van der Waals surface area contributed by atoms with E-state index in [0.717, 1.165) is 12.8 Å². The molecule has 0 amide bonds. The van der Waals surface area contributed by atoms with Gasteiger partial charge in [0.05, 0.1) is 0 Å². The number of nitrogens with zero attached hydrogens (tertiary/aromatic N) is 2. The molecule has 316 valence electrons. The Morgan fingerprint density at radius 1 is 0.328 bits per heavy atom. The molecular formula is C62H58N2. The van der Waals surface area contributed by atoms with E-state index in [0.29, 0.717) is 0 Å². The van der Waals surface area contributed by atoms with E-state index in [1.54, 1.807) is 0 Å². The van der Waals surface area contributed by atoms with Gasteiger partial charge in [-0.3, -0.25) is 0 Å². The highest BCUT2D eigenvalue weighted by Gasteiger charge is 2.39. The summed E-state index contributed by atoms with van der Waals surface area (Å²) < 4.78 is 0. The van der Waals surface area contributed by atoms with E-state index in [-0.39, 0.29) is 16.2 Å². The normalized spacial score (nSPS) is 16.0. The molecule has 0 atom stereocenters. The van der Waals surface area contributed by atoms with Crippen LogP contribution < -0.4 is 9.80 Å². The van der Waals surface area contributed by atoms with Gasteiger partial charge in [0, 0.05) is 50.4 Å². The fourth-order valence-electron chi connectivity index (χ4n) is 11.8. The van der Waals surface area contributed by atoms with Gasteiger partial charge in [-0.25, -0.2) is 0 Å².